The minimum Gasteiger partial charge on any atom is -0.339 e. The molecular formula is C11H11Br2N5. The molecule has 0 radical (unpaired) electrons. The molecule has 2 aromatic heterocycles. The Morgan fingerprint density at radius 3 is 2.56 bits per heavy atom. The lowest BCUT2D eigenvalue weighted by molar-refractivity contribution is 0.494. The molecule has 1 aliphatic heterocycles. The first kappa shape index (κ1) is 12.1. The number of aromatic nitrogens is 4. The van der Waals surface area contributed by atoms with Gasteiger partial charge in [0.1, 0.15) is 0 Å². The lowest BCUT2D eigenvalue weighted by Crippen LogP contribution is -2.23. The number of hydrogen-bond donors (Lipinski definition) is 0. The van der Waals surface area contributed by atoms with Gasteiger partial charge in [0, 0.05) is 31.7 Å². The lowest BCUT2D eigenvalue weighted by Gasteiger charge is -2.16. The minimum atomic E-state index is 0.392. The Balaban J connectivity index is 1.73. The maximum Gasteiger partial charge on any atom is 0.225 e. The van der Waals surface area contributed by atoms with Crippen LogP contribution in [0.3, 0.4) is 0 Å². The maximum absolute atomic E-state index is 4.33. The quantitative estimate of drug-likeness (QED) is 0.813. The van der Waals surface area contributed by atoms with Gasteiger partial charge in [-0.15, -0.1) is 0 Å². The fraction of sp³-hybridized carbons (Fsp3) is 0.364. The molecule has 18 heavy (non-hydrogen) atoms. The van der Waals surface area contributed by atoms with Gasteiger partial charge in [-0.25, -0.2) is 9.97 Å². The monoisotopic (exact) mass is 371 g/mol. The smallest absolute Gasteiger partial charge is 0.225 e. The van der Waals surface area contributed by atoms with E-state index in [1.54, 1.807) is 12.4 Å². The first-order valence-corrected chi connectivity index (χ1v) is 7.23. The number of hydrogen-bond acceptors (Lipinski definition) is 4. The van der Waals surface area contributed by atoms with Crippen LogP contribution in [0, 0.1) is 0 Å². The Kier molecular flexibility index (Phi) is 3.34. The van der Waals surface area contributed by atoms with E-state index in [-0.39, 0.29) is 0 Å². The molecule has 3 heterocycles. The summed E-state index contributed by atoms with van der Waals surface area (Å²) in [6.07, 6.45) is 8.45. The summed E-state index contributed by atoms with van der Waals surface area (Å²) in [5, 5.41) is 4.33. The SMILES string of the molecule is Brc1cnc(N2CCC(n3cc(Br)cn3)C2)nc1. The molecule has 2 aromatic rings. The highest BCUT2D eigenvalue weighted by molar-refractivity contribution is 9.10. The Hall–Kier alpha value is -0.950. The van der Waals surface area contributed by atoms with Crippen LogP contribution in [0.15, 0.2) is 33.7 Å². The third-order valence-corrected chi connectivity index (χ3v) is 3.82. The Bertz CT molecular complexity index is 539. The second-order valence-corrected chi connectivity index (χ2v) is 6.06. The van der Waals surface area contributed by atoms with Crippen LogP contribution >= 0.6 is 31.9 Å². The summed E-state index contributed by atoms with van der Waals surface area (Å²) < 4.78 is 3.92. The lowest BCUT2D eigenvalue weighted by atomic mass is 10.3. The molecule has 3 rings (SSSR count). The second-order valence-electron chi connectivity index (χ2n) is 4.23. The standard InChI is InChI=1S/C11H11Br2N5/c12-8-3-14-11(15-4-8)17-2-1-10(7-17)18-6-9(13)5-16-18/h3-6,10H,1-2,7H2. The van der Waals surface area contributed by atoms with Crippen molar-refractivity contribution in [3.8, 4) is 0 Å². The van der Waals surface area contributed by atoms with E-state index in [9.17, 15) is 0 Å². The Morgan fingerprint density at radius 2 is 1.89 bits per heavy atom. The number of nitrogens with zero attached hydrogens (tertiary/aromatic N) is 5. The predicted molar refractivity (Wildman–Crippen MR) is 75.5 cm³/mol. The predicted octanol–water partition coefficient (Wildman–Crippen LogP) is 2.65. The van der Waals surface area contributed by atoms with Gasteiger partial charge in [-0.3, -0.25) is 4.68 Å². The van der Waals surface area contributed by atoms with Crippen molar-refractivity contribution in [1.29, 1.82) is 0 Å². The van der Waals surface area contributed by atoms with E-state index in [1.807, 2.05) is 17.1 Å². The normalized spacial score (nSPS) is 19.4. The van der Waals surface area contributed by atoms with Gasteiger partial charge in [0.15, 0.2) is 0 Å². The van der Waals surface area contributed by atoms with Crippen molar-refractivity contribution in [2.24, 2.45) is 0 Å². The molecule has 0 bridgehead atoms. The summed E-state index contributed by atoms with van der Waals surface area (Å²) in [6, 6.07) is 0.392. The average Bonchev–Trinajstić information content (AvgIpc) is 2.98. The third kappa shape index (κ3) is 2.42. The summed E-state index contributed by atoms with van der Waals surface area (Å²) in [5.74, 6) is 0.784. The van der Waals surface area contributed by atoms with Crippen molar-refractivity contribution >= 4 is 37.8 Å². The van der Waals surface area contributed by atoms with E-state index in [4.69, 9.17) is 0 Å². The van der Waals surface area contributed by atoms with Gasteiger partial charge in [-0.05, 0) is 38.3 Å². The van der Waals surface area contributed by atoms with Gasteiger partial charge >= 0.3 is 0 Å². The van der Waals surface area contributed by atoms with Crippen molar-refractivity contribution in [3.63, 3.8) is 0 Å². The molecule has 0 aliphatic carbocycles. The van der Waals surface area contributed by atoms with Crippen LogP contribution in [0.5, 0.6) is 0 Å². The van der Waals surface area contributed by atoms with Crippen LogP contribution in [-0.4, -0.2) is 32.8 Å². The minimum absolute atomic E-state index is 0.392. The zero-order chi connectivity index (χ0) is 12.5. The van der Waals surface area contributed by atoms with Crippen LogP contribution in [0.25, 0.3) is 0 Å². The van der Waals surface area contributed by atoms with Crippen LogP contribution in [0.2, 0.25) is 0 Å². The molecule has 1 fully saturated rings. The van der Waals surface area contributed by atoms with Crippen LogP contribution in [-0.2, 0) is 0 Å². The van der Waals surface area contributed by atoms with Crippen molar-refractivity contribution in [1.82, 2.24) is 19.7 Å². The van der Waals surface area contributed by atoms with Crippen molar-refractivity contribution in [3.05, 3.63) is 33.7 Å². The van der Waals surface area contributed by atoms with Crippen molar-refractivity contribution in [2.75, 3.05) is 18.0 Å². The molecule has 1 saturated heterocycles. The van der Waals surface area contributed by atoms with Crippen LogP contribution in [0.4, 0.5) is 5.95 Å². The first-order chi connectivity index (χ1) is 8.72. The average molecular weight is 373 g/mol. The molecule has 1 atom stereocenters. The van der Waals surface area contributed by atoms with Gasteiger partial charge in [-0.1, -0.05) is 0 Å². The molecule has 1 aliphatic rings. The second kappa shape index (κ2) is 4.97. The summed E-state index contributed by atoms with van der Waals surface area (Å²) >= 11 is 6.76. The molecular weight excluding hydrogens is 362 g/mol. The van der Waals surface area contributed by atoms with E-state index in [0.29, 0.717) is 6.04 Å². The van der Waals surface area contributed by atoms with Gasteiger partial charge in [0.25, 0.3) is 0 Å². The van der Waals surface area contributed by atoms with E-state index in [0.717, 1.165) is 34.4 Å². The van der Waals surface area contributed by atoms with Gasteiger partial charge in [0.05, 0.1) is 21.2 Å². The van der Waals surface area contributed by atoms with Crippen molar-refractivity contribution < 1.29 is 0 Å². The zero-order valence-electron chi connectivity index (χ0n) is 9.50. The van der Waals surface area contributed by atoms with E-state index in [1.165, 1.54) is 0 Å². The molecule has 94 valence electrons. The highest BCUT2D eigenvalue weighted by Crippen LogP contribution is 2.25. The highest BCUT2D eigenvalue weighted by atomic mass is 79.9. The molecule has 7 heteroatoms. The molecule has 5 nitrogen and oxygen atoms in total. The van der Waals surface area contributed by atoms with E-state index in [2.05, 4.69) is 51.8 Å². The largest absolute Gasteiger partial charge is 0.339 e. The number of rotatable bonds is 2. The fourth-order valence-electron chi connectivity index (χ4n) is 2.12. The Labute approximate surface area is 121 Å². The zero-order valence-corrected chi connectivity index (χ0v) is 12.7. The Morgan fingerprint density at radius 1 is 1.11 bits per heavy atom. The van der Waals surface area contributed by atoms with Crippen LogP contribution < -0.4 is 4.90 Å². The molecule has 0 saturated carbocycles. The van der Waals surface area contributed by atoms with E-state index < -0.39 is 0 Å². The van der Waals surface area contributed by atoms with Gasteiger partial charge in [-0.2, -0.15) is 5.10 Å². The topological polar surface area (TPSA) is 46.8 Å². The summed E-state index contributed by atoms with van der Waals surface area (Å²) in [7, 11) is 0. The maximum atomic E-state index is 4.33. The molecule has 0 aromatic carbocycles. The number of halogens is 2. The summed E-state index contributed by atoms with van der Waals surface area (Å²) in [4.78, 5) is 10.8. The van der Waals surface area contributed by atoms with E-state index >= 15 is 0 Å². The molecule has 0 spiro atoms. The van der Waals surface area contributed by atoms with Crippen LogP contribution in [0.1, 0.15) is 12.5 Å². The fourth-order valence-corrected chi connectivity index (χ4v) is 2.63. The highest BCUT2D eigenvalue weighted by Gasteiger charge is 2.26. The third-order valence-electron chi connectivity index (χ3n) is 3.00. The van der Waals surface area contributed by atoms with Gasteiger partial charge in [0.2, 0.25) is 5.95 Å². The number of anilines is 1. The summed E-state index contributed by atoms with van der Waals surface area (Å²) in [6.45, 7) is 1.86. The molecule has 0 N–H and O–H groups in total. The van der Waals surface area contributed by atoms with Gasteiger partial charge < -0.3 is 4.90 Å². The van der Waals surface area contributed by atoms with Crippen molar-refractivity contribution in [2.45, 2.75) is 12.5 Å². The molecule has 0 amide bonds. The summed E-state index contributed by atoms with van der Waals surface area (Å²) in [5.41, 5.74) is 0. The molecule has 1 unspecified atom stereocenters. The first-order valence-electron chi connectivity index (χ1n) is 5.64.